The average molecular weight is 256 g/mol. The van der Waals surface area contributed by atoms with Gasteiger partial charge in [0.2, 0.25) is 0 Å². The number of nitrogens with two attached hydrogens (primary N) is 1. The van der Waals surface area contributed by atoms with E-state index >= 15 is 0 Å². The maximum absolute atomic E-state index is 12.1. The largest absolute Gasteiger partial charge is 0.573 e. The van der Waals surface area contributed by atoms with E-state index in [1.807, 2.05) is 0 Å². The Morgan fingerprint density at radius 1 is 1.44 bits per heavy atom. The average Bonchev–Trinajstić information content (AvgIpc) is 2.26. The molecule has 1 aromatic carbocycles. The van der Waals surface area contributed by atoms with Crippen LogP contribution in [0, 0.1) is 11.8 Å². The Balaban J connectivity index is 3.02. The quantitative estimate of drug-likeness (QED) is 0.290. The van der Waals surface area contributed by atoms with Crippen LogP contribution in [0.25, 0.3) is 10.4 Å². The zero-order valence-electron chi connectivity index (χ0n) is 8.90. The van der Waals surface area contributed by atoms with E-state index in [-0.39, 0.29) is 17.8 Å². The van der Waals surface area contributed by atoms with Gasteiger partial charge in [-0.05, 0) is 23.7 Å². The van der Waals surface area contributed by atoms with E-state index in [1.165, 1.54) is 12.1 Å². The molecule has 1 aromatic rings. The van der Waals surface area contributed by atoms with Crippen LogP contribution in [0.3, 0.4) is 0 Å². The fourth-order valence-corrected chi connectivity index (χ4v) is 1.06. The van der Waals surface area contributed by atoms with Gasteiger partial charge in [0.25, 0.3) is 0 Å². The van der Waals surface area contributed by atoms with Gasteiger partial charge in [-0.2, -0.15) is 0 Å². The second-order valence-electron chi connectivity index (χ2n) is 2.99. The van der Waals surface area contributed by atoms with Crippen molar-refractivity contribution in [3.63, 3.8) is 0 Å². The summed E-state index contributed by atoms with van der Waals surface area (Å²) in [5.74, 6) is 4.32. The van der Waals surface area contributed by atoms with Crippen LogP contribution in [-0.2, 0) is 0 Å². The molecule has 8 heteroatoms. The topological polar surface area (TPSA) is 84.0 Å². The molecule has 18 heavy (non-hydrogen) atoms. The first-order valence-electron chi connectivity index (χ1n) is 4.57. The highest BCUT2D eigenvalue weighted by molar-refractivity contribution is 5.55. The minimum atomic E-state index is -4.81. The summed E-state index contributed by atoms with van der Waals surface area (Å²) in [4.78, 5) is 2.45. The van der Waals surface area contributed by atoms with Gasteiger partial charge in [0, 0.05) is 10.6 Å². The van der Waals surface area contributed by atoms with Crippen molar-refractivity contribution in [2.24, 2.45) is 5.11 Å². The molecule has 0 unspecified atom stereocenters. The zero-order chi connectivity index (χ0) is 13.6. The second-order valence-corrected chi connectivity index (χ2v) is 2.99. The SMILES string of the molecule is [N-]=[N+]=NCC#Cc1cc(N)ccc1OC(F)(F)F. The van der Waals surface area contributed by atoms with Crippen molar-refractivity contribution in [3.05, 3.63) is 34.2 Å². The minimum Gasteiger partial charge on any atom is -0.404 e. The fraction of sp³-hybridized carbons (Fsp3) is 0.200. The molecule has 0 fully saturated rings. The third-order valence-electron chi connectivity index (χ3n) is 1.67. The number of alkyl halides is 3. The molecule has 0 amide bonds. The molecule has 0 aliphatic rings. The molecule has 0 aliphatic carbocycles. The normalized spacial score (nSPS) is 9.94. The van der Waals surface area contributed by atoms with Crippen molar-refractivity contribution in [1.82, 2.24) is 0 Å². The summed E-state index contributed by atoms with van der Waals surface area (Å²) in [5, 5.41) is 3.13. The molecule has 5 nitrogen and oxygen atoms in total. The lowest BCUT2D eigenvalue weighted by atomic mass is 10.2. The van der Waals surface area contributed by atoms with Gasteiger partial charge in [-0.15, -0.1) is 13.2 Å². The number of halogens is 3. The molecule has 0 saturated heterocycles. The molecule has 0 bridgehead atoms. The van der Waals surface area contributed by atoms with Crippen LogP contribution in [0.4, 0.5) is 18.9 Å². The standard InChI is InChI=1S/C10H7F3N4O/c11-10(12,13)18-9-4-3-8(14)6-7(9)2-1-5-16-17-15/h3-4,6H,5,14H2. The van der Waals surface area contributed by atoms with Gasteiger partial charge >= 0.3 is 6.36 Å². The third-order valence-corrected chi connectivity index (χ3v) is 1.67. The van der Waals surface area contributed by atoms with E-state index in [9.17, 15) is 13.2 Å². The number of rotatable bonds is 2. The molecule has 0 aromatic heterocycles. The Hall–Kier alpha value is -2.52. The van der Waals surface area contributed by atoms with Crippen LogP contribution in [0.1, 0.15) is 5.56 Å². The summed E-state index contributed by atoms with van der Waals surface area (Å²) in [6, 6.07) is 3.57. The highest BCUT2D eigenvalue weighted by Crippen LogP contribution is 2.27. The Kier molecular flexibility index (Phi) is 4.29. The van der Waals surface area contributed by atoms with Crippen LogP contribution >= 0.6 is 0 Å². The van der Waals surface area contributed by atoms with E-state index in [1.54, 1.807) is 0 Å². The van der Waals surface area contributed by atoms with Crippen LogP contribution in [0.5, 0.6) is 5.75 Å². The summed E-state index contributed by atoms with van der Waals surface area (Å²) in [6.45, 7) is -0.156. The summed E-state index contributed by atoms with van der Waals surface area (Å²) < 4.78 is 40.1. The Labute approximate surface area is 100.0 Å². The molecule has 0 aliphatic heterocycles. The van der Waals surface area contributed by atoms with E-state index < -0.39 is 12.1 Å². The third kappa shape index (κ3) is 4.55. The maximum Gasteiger partial charge on any atom is 0.573 e. The van der Waals surface area contributed by atoms with Crippen LogP contribution in [0.15, 0.2) is 23.3 Å². The van der Waals surface area contributed by atoms with Gasteiger partial charge < -0.3 is 10.5 Å². The van der Waals surface area contributed by atoms with E-state index in [0.717, 1.165) is 6.07 Å². The number of nitrogens with zero attached hydrogens (tertiary/aromatic N) is 3. The molecule has 0 atom stereocenters. The Morgan fingerprint density at radius 2 is 2.17 bits per heavy atom. The highest BCUT2D eigenvalue weighted by atomic mass is 19.4. The lowest BCUT2D eigenvalue weighted by Crippen LogP contribution is -2.17. The molecule has 2 N–H and O–H groups in total. The number of nitrogen functional groups attached to an aromatic ring is 1. The molecule has 94 valence electrons. The number of hydrogen-bond donors (Lipinski definition) is 1. The van der Waals surface area contributed by atoms with Crippen molar-refractivity contribution in [2.75, 3.05) is 12.3 Å². The van der Waals surface area contributed by atoms with Crippen LogP contribution in [0.2, 0.25) is 0 Å². The monoisotopic (exact) mass is 256 g/mol. The molecule has 0 radical (unpaired) electrons. The van der Waals surface area contributed by atoms with E-state index in [2.05, 4.69) is 26.6 Å². The van der Waals surface area contributed by atoms with Crippen molar-refractivity contribution in [1.29, 1.82) is 0 Å². The first-order chi connectivity index (χ1) is 8.42. The number of ether oxygens (including phenoxy) is 1. The van der Waals surface area contributed by atoms with Crippen molar-refractivity contribution < 1.29 is 17.9 Å². The van der Waals surface area contributed by atoms with Crippen molar-refractivity contribution in [2.45, 2.75) is 6.36 Å². The van der Waals surface area contributed by atoms with Crippen LogP contribution < -0.4 is 10.5 Å². The predicted molar refractivity (Wildman–Crippen MR) is 58.4 cm³/mol. The molecule has 0 saturated carbocycles. The smallest absolute Gasteiger partial charge is 0.404 e. The summed E-state index contributed by atoms with van der Waals surface area (Å²) >= 11 is 0. The number of hydrogen-bond acceptors (Lipinski definition) is 3. The minimum absolute atomic E-state index is 0.0273. The predicted octanol–water partition coefficient (Wildman–Crippen LogP) is 2.83. The Bertz CT molecular complexity index is 538. The number of anilines is 1. The first-order valence-corrected chi connectivity index (χ1v) is 4.57. The highest BCUT2D eigenvalue weighted by Gasteiger charge is 2.31. The number of benzene rings is 1. The maximum atomic E-state index is 12.1. The molecule has 0 spiro atoms. The zero-order valence-corrected chi connectivity index (χ0v) is 8.90. The second kappa shape index (κ2) is 5.70. The van der Waals surface area contributed by atoms with Gasteiger partial charge in [-0.1, -0.05) is 17.0 Å². The molecule has 0 heterocycles. The van der Waals surface area contributed by atoms with Gasteiger partial charge in [0.05, 0.1) is 12.1 Å². The van der Waals surface area contributed by atoms with Crippen LogP contribution in [-0.4, -0.2) is 12.9 Å². The van der Waals surface area contributed by atoms with Gasteiger partial charge in [0.15, 0.2) is 0 Å². The summed E-state index contributed by atoms with van der Waals surface area (Å²) in [7, 11) is 0. The van der Waals surface area contributed by atoms with Crippen molar-refractivity contribution >= 4 is 5.69 Å². The summed E-state index contributed by atoms with van der Waals surface area (Å²) in [5.41, 5.74) is 13.7. The molecular weight excluding hydrogens is 249 g/mol. The number of azide groups is 1. The molecular formula is C10H7F3N4O. The lowest BCUT2D eigenvalue weighted by Gasteiger charge is -2.10. The lowest BCUT2D eigenvalue weighted by molar-refractivity contribution is -0.274. The Morgan fingerprint density at radius 3 is 2.78 bits per heavy atom. The van der Waals surface area contributed by atoms with Crippen molar-refractivity contribution in [3.8, 4) is 17.6 Å². The molecule has 1 rings (SSSR count). The van der Waals surface area contributed by atoms with Gasteiger partial charge in [-0.25, -0.2) is 0 Å². The first kappa shape index (κ1) is 13.5. The summed E-state index contributed by atoms with van der Waals surface area (Å²) in [6.07, 6.45) is -4.81. The van der Waals surface area contributed by atoms with Gasteiger partial charge in [-0.3, -0.25) is 0 Å². The fourth-order valence-electron chi connectivity index (χ4n) is 1.06. The van der Waals surface area contributed by atoms with E-state index in [0.29, 0.717) is 0 Å². The van der Waals surface area contributed by atoms with E-state index in [4.69, 9.17) is 11.3 Å². The van der Waals surface area contributed by atoms with Gasteiger partial charge in [0.1, 0.15) is 5.75 Å².